The van der Waals surface area contributed by atoms with Gasteiger partial charge in [-0.3, -0.25) is 14.5 Å². The van der Waals surface area contributed by atoms with Gasteiger partial charge in [-0.2, -0.15) is 0 Å². The summed E-state index contributed by atoms with van der Waals surface area (Å²) in [7, 11) is 0. The lowest BCUT2D eigenvalue weighted by atomic mass is 10.1. The summed E-state index contributed by atoms with van der Waals surface area (Å²) in [5.41, 5.74) is 3.79. The van der Waals surface area contributed by atoms with Gasteiger partial charge in [-0.25, -0.2) is 0 Å². The van der Waals surface area contributed by atoms with Crippen molar-refractivity contribution in [3.63, 3.8) is 0 Å². The summed E-state index contributed by atoms with van der Waals surface area (Å²) >= 11 is 0. The number of amides is 1. The fraction of sp³-hybridized carbons (Fsp3) is 0.214. The maximum Gasteiger partial charge on any atom is 0.315 e. The number of fused-ring (bicyclic) bond motifs is 1. The zero-order valence-corrected chi connectivity index (χ0v) is 18.9. The molecule has 1 saturated heterocycles. The van der Waals surface area contributed by atoms with Gasteiger partial charge in [-0.05, 0) is 41.5 Å². The van der Waals surface area contributed by atoms with Crippen molar-refractivity contribution in [3.05, 3.63) is 102 Å². The van der Waals surface area contributed by atoms with Crippen LogP contribution in [0, 0.1) is 0 Å². The molecule has 1 aliphatic rings. The first-order valence-corrected chi connectivity index (χ1v) is 11.6. The third-order valence-corrected chi connectivity index (χ3v) is 6.25. The first-order chi connectivity index (χ1) is 16.7. The minimum atomic E-state index is -0.335. The number of ether oxygens (including phenoxy) is 1. The molecule has 1 aromatic heterocycles. The van der Waals surface area contributed by atoms with Gasteiger partial charge in [0, 0.05) is 55.4 Å². The molecule has 5 rings (SSSR count). The van der Waals surface area contributed by atoms with Gasteiger partial charge in [0.25, 0.3) is 5.91 Å². The number of hydrogen-bond acceptors (Lipinski definition) is 4. The smallest absolute Gasteiger partial charge is 0.315 e. The number of esters is 1. The van der Waals surface area contributed by atoms with Crippen LogP contribution in [0.2, 0.25) is 0 Å². The Bertz CT molecular complexity index is 1270. The molecule has 1 fully saturated rings. The molecule has 172 valence electrons. The van der Waals surface area contributed by atoms with E-state index in [4.69, 9.17) is 4.74 Å². The monoisotopic (exact) mass is 453 g/mol. The Kier molecular flexibility index (Phi) is 6.40. The van der Waals surface area contributed by atoms with E-state index < -0.39 is 0 Å². The van der Waals surface area contributed by atoms with Gasteiger partial charge in [0.2, 0.25) is 0 Å². The Morgan fingerprint density at radius 2 is 1.53 bits per heavy atom. The van der Waals surface area contributed by atoms with Crippen molar-refractivity contribution >= 4 is 22.8 Å². The summed E-state index contributed by atoms with van der Waals surface area (Å²) in [4.78, 5) is 32.8. The standard InChI is InChI=1S/C28H27N3O3/c32-27(18-23-19-29-26-9-5-4-8-25(23)26)34-24-12-10-22(11-13-24)28(33)31-16-14-30(15-17-31)20-21-6-2-1-3-7-21/h1-13,19,29H,14-18,20H2. The number of carbonyl (C=O) groups is 2. The second-order valence-corrected chi connectivity index (χ2v) is 8.59. The highest BCUT2D eigenvalue weighted by molar-refractivity contribution is 5.94. The van der Waals surface area contributed by atoms with Crippen LogP contribution in [0.1, 0.15) is 21.5 Å². The molecule has 3 aromatic carbocycles. The quantitative estimate of drug-likeness (QED) is 0.350. The van der Waals surface area contributed by atoms with Crippen LogP contribution < -0.4 is 4.74 Å². The van der Waals surface area contributed by atoms with E-state index in [1.54, 1.807) is 24.3 Å². The number of benzene rings is 3. The highest BCUT2D eigenvalue weighted by atomic mass is 16.5. The molecule has 0 unspecified atom stereocenters. The van der Waals surface area contributed by atoms with Crippen LogP contribution in [0.4, 0.5) is 0 Å². The third-order valence-electron chi connectivity index (χ3n) is 6.25. The van der Waals surface area contributed by atoms with E-state index in [-0.39, 0.29) is 18.3 Å². The van der Waals surface area contributed by atoms with Gasteiger partial charge in [-0.15, -0.1) is 0 Å². The molecule has 0 saturated carbocycles. The van der Waals surface area contributed by atoms with Crippen LogP contribution in [-0.2, 0) is 17.8 Å². The summed E-state index contributed by atoms with van der Waals surface area (Å²) in [6, 6.07) is 25.1. The number of nitrogens with one attached hydrogen (secondary N) is 1. The molecule has 0 atom stereocenters. The first kappa shape index (κ1) is 21.9. The van der Waals surface area contributed by atoms with Gasteiger partial charge < -0.3 is 14.6 Å². The minimum absolute atomic E-state index is 0.0102. The molecule has 0 spiro atoms. The van der Waals surface area contributed by atoms with Crippen LogP contribution in [0.25, 0.3) is 10.9 Å². The number of H-pyrrole nitrogens is 1. The number of hydrogen-bond donors (Lipinski definition) is 1. The van der Waals surface area contributed by atoms with E-state index in [1.807, 2.05) is 41.4 Å². The van der Waals surface area contributed by atoms with Crippen LogP contribution >= 0.6 is 0 Å². The molecular weight excluding hydrogens is 426 g/mol. The normalized spacial score (nSPS) is 14.3. The zero-order valence-electron chi connectivity index (χ0n) is 18.9. The highest BCUT2D eigenvalue weighted by Gasteiger charge is 2.22. The third kappa shape index (κ3) is 5.02. The predicted molar refractivity (Wildman–Crippen MR) is 132 cm³/mol. The molecule has 4 aromatic rings. The van der Waals surface area contributed by atoms with E-state index in [2.05, 4.69) is 34.1 Å². The summed E-state index contributed by atoms with van der Waals surface area (Å²) < 4.78 is 5.50. The van der Waals surface area contributed by atoms with Crippen molar-refractivity contribution in [1.82, 2.24) is 14.8 Å². The average molecular weight is 454 g/mol. The van der Waals surface area contributed by atoms with Crippen LogP contribution in [-0.4, -0.2) is 52.8 Å². The SMILES string of the molecule is O=C(Cc1c[nH]c2ccccc12)Oc1ccc(C(=O)N2CCN(Cc3ccccc3)CC2)cc1. The zero-order chi connectivity index (χ0) is 23.3. The highest BCUT2D eigenvalue weighted by Crippen LogP contribution is 2.20. The molecule has 1 amide bonds. The van der Waals surface area contributed by atoms with Crippen molar-refractivity contribution in [1.29, 1.82) is 0 Å². The fourth-order valence-corrected chi connectivity index (χ4v) is 4.40. The van der Waals surface area contributed by atoms with Gasteiger partial charge in [0.05, 0.1) is 6.42 Å². The van der Waals surface area contributed by atoms with E-state index >= 15 is 0 Å². The van der Waals surface area contributed by atoms with E-state index in [9.17, 15) is 9.59 Å². The van der Waals surface area contributed by atoms with Gasteiger partial charge in [0.1, 0.15) is 5.75 Å². The molecule has 0 radical (unpaired) electrons. The Morgan fingerprint density at radius 1 is 0.824 bits per heavy atom. The maximum absolute atomic E-state index is 12.9. The van der Waals surface area contributed by atoms with Gasteiger partial charge in [-0.1, -0.05) is 48.5 Å². The van der Waals surface area contributed by atoms with Crippen molar-refractivity contribution in [2.75, 3.05) is 26.2 Å². The lowest BCUT2D eigenvalue weighted by Gasteiger charge is -2.34. The molecule has 6 heteroatoms. The second-order valence-electron chi connectivity index (χ2n) is 8.59. The number of aromatic amines is 1. The van der Waals surface area contributed by atoms with Gasteiger partial charge >= 0.3 is 5.97 Å². The summed E-state index contributed by atoms with van der Waals surface area (Å²) in [6.07, 6.45) is 2.02. The Morgan fingerprint density at radius 3 is 2.29 bits per heavy atom. The van der Waals surface area contributed by atoms with Crippen molar-refractivity contribution in [2.45, 2.75) is 13.0 Å². The van der Waals surface area contributed by atoms with Gasteiger partial charge in [0.15, 0.2) is 0 Å². The fourth-order valence-electron chi connectivity index (χ4n) is 4.40. The summed E-state index contributed by atoms with van der Waals surface area (Å²) in [6.45, 7) is 4.01. The number of rotatable bonds is 6. The number of aromatic nitrogens is 1. The van der Waals surface area contributed by atoms with E-state index in [0.717, 1.165) is 36.1 Å². The lowest BCUT2D eigenvalue weighted by molar-refractivity contribution is -0.133. The van der Waals surface area contributed by atoms with Crippen molar-refractivity contribution in [2.24, 2.45) is 0 Å². The topological polar surface area (TPSA) is 65.6 Å². The molecule has 34 heavy (non-hydrogen) atoms. The number of carbonyl (C=O) groups excluding carboxylic acids is 2. The van der Waals surface area contributed by atoms with Crippen molar-refractivity contribution < 1.29 is 14.3 Å². The summed E-state index contributed by atoms with van der Waals surface area (Å²) in [5.74, 6) is 0.114. The Labute approximate surface area is 198 Å². The minimum Gasteiger partial charge on any atom is -0.426 e. The van der Waals surface area contributed by atoms with Crippen LogP contribution in [0.15, 0.2) is 85.1 Å². The Balaban J connectivity index is 1.13. The van der Waals surface area contributed by atoms with Crippen molar-refractivity contribution in [3.8, 4) is 5.75 Å². The number of nitrogens with zero attached hydrogens (tertiary/aromatic N) is 2. The molecular formula is C28H27N3O3. The first-order valence-electron chi connectivity index (χ1n) is 11.6. The number of para-hydroxylation sites is 1. The molecule has 2 heterocycles. The largest absolute Gasteiger partial charge is 0.426 e. The van der Waals surface area contributed by atoms with E-state index in [0.29, 0.717) is 24.4 Å². The molecule has 1 aliphatic heterocycles. The predicted octanol–water partition coefficient (Wildman–Crippen LogP) is 4.27. The molecule has 1 N–H and O–H groups in total. The Hall–Kier alpha value is -3.90. The number of piperazine rings is 1. The van der Waals surface area contributed by atoms with Crippen LogP contribution in [0.3, 0.4) is 0 Å². The summed E-state index contributed by atoms with van der Waals surface area (Å²) in [5, 5.41) is 1.02. The second kappa shape index (κ2) is 9.93. The lowest BCUT2D eigenvalue weighted by Crippen LogP contribution is -2.48. The molecule has 0 bridgehead atoms. The molecule has 0 aliphatic carbocycles. The average Bonchev–Trinajstić information content (AvgIpc) is 3.28. The molecule has 6 nitrogen and oxygen atoms in total. The van der Waals surface area contributed by atoms with E-state index in [1.165, 1.54) is 5.56 Å². The maximum atomic E-state index is 12.9. The van der Waals surface area contributed by atoms with Crippen LogP contribution in [0.5, 0.6) is 5.75 Å².